The van der Waals surface area contributed by atoms with Crippen molar-refractivity contribution in [2.75, 3.05) is 26.7 Å². The predicted octanol–water partition coefficient (Wildman–Crippen LogP) is -0.570. The van der Waals surface area contributed by atoms with E-state index in [0.29, 0.717) is 25.1 Å². The Hall–Kier alpha value is -1.40. The van der Waals surface area contributed by atoms with E-state index in [9.17, 15) is 9.59 Å². The number of hydrogen-bond donors (Lipinski definition) is 1. The summed E-state index contributed by atoms with van der Waals surface area (Å²) in [5.74, 6) is 0. The maximum atomic E-state index is 11.7. The normalized spacial score (nSPS) is 21.1. The van der Waals surface area contributed by atoms with Crippen molar-refractivity contribution < 1.29 is 4.74 Å². The van der Waals surface area contributed by atoms with Crippen LogP contribution in [0.5, 0.6) is 0 Å². The topological polar surface area (TPSA) is 67.3 Å². The molecule has 2 rings (SSSR count). The van der Waals surface area contributed by atoms with Gasteiger partial charge in [0.15, 0.2) is 0 Å². The van der Waals surface area contributed by atoms with E-state index in [1.54, 1.807) is 6.20 Å². The summed E-state index contributed by atoms with van der Waals surface area (Å²) in [6, 6.07) is 0. The number of nitrogens with one attached hydrogen (secondary N) is 1. The third-order valence-electron chi connectivity index (χ3n) is 3.21. The molecule has 1 saturated heterocycles. The van der Waals surface area contributed by atoms with Crippen LogP contribution in [0.4, 0.5) is 0 Å². The van der Waals surface area contributed by atoms with E-state index in [4.69, 9.17) is 4.74 Å². The first kappa shape index (κ1) is 13.0. The largest absolute Gasteiger partial charge is 0.374 e. The first-order valence-electron chi connectivity index (χ1n) is 6.23. The Kier molecular flexibility index (Phi) is 3.98. The zero-order valence-electron chi connectivity index (χ0n) is 10.8. The number of hydrogen-bond acceptors (Lipinski definition) is 4. The van der Waals surface area contributed by atoms with Gasteiger partial charge in [0.25, 0.3) is 5.56 Å². The highest BCUT2D eigenvalue weighted by molar-refractivity contribution is 5.04. The Morgan fingerprint density at radius 3 is 2.94 bits per heavy atom. The fraction of sp³-hybridized carbons (Fsp3) is 0.667. The lowest BCUT2D eigenvalue weighted by atomic mass is 10.2. The van der Waals surface area contributed by atoms with Gasteiger partial charge in [0.2, 0.25) is 0 Å². The van der Waals surface area contributed by atoms with Gasteiger partial charge in [-0.1, -0.05) is 6.92 Å². The number of aryl methyl sites for hydroxylation is 1. The second kappa shape index (κ2) is 5.49. The molecule has 2 heterocycles. The van der Waals surface area contributed by atoms with E-state index in [2.05, 4.69) is 9.88 Å². The number of nitrogens with zero attached hydrogens (tertiary/aromatic N) is 2. The van der Waals surface area contributed by atoms with Gasteiger partial charge in [0, 0.05) is 24.8 Å². The molecule has 1 atom stereocenters. The molecule has 6 nitrogen and oxygen atoms in total. The molecule has 1 unspecified atom stereocenters. The van der Waals surface area contributed by atoms with Gasteiger partial charge in [0.05, 0.1) is 19.3 Å². The van der Waals surface area contributed by atoms with Crippen LogP contribution >= 0.6 is 0 Å². The molecule has 6 heteroatoms. The monoisotopic (exact) mass is 253 g/mol. The predicted molar refractivity (Wildman–Crippen MR) is 67.9 cm³/mol. The van der Waals surface area contributed by atoms with E-state index in [1.165, 1.54) is 4.57 Å². The summed E-state index contributed by atoms with van der Waals surface area (Å²) in [7, 11) is 2.03. The molecule has 1 aromatic rings. The van der Waals surface area contributed by atoms with Crippen LogP contribution in [-0.2, 0) is 17.7 Å². The van der Waals surface area contributed by atoms with Crippen molar-refractivity contribution in [3.8, 4) is 0 Å². The van der Waals surface area contributed by atoms with Crippen molar-refractivity contribution in [3.05, 3.63) is 32.6 Å². The van der Waals surface area contributed by atoms with Gasteiger partial charge in [-0.2, -0.15) is 0 Å². The smallest absolute Gasteiger partial charge is 0.328 e. The van der Waals surface area contributed by atoms with Crippen LogP contribution in [0.1, 0.15) is 12.5 Å². The Bertz CT molecular complexity index is 520. The molecule has 0 radical (unpaired) electrons. The summed E-state index contributed by atoms with van der Waals surface area (Å²) in [6.45, 7) is 4.77. The van der Waals surface area contributed by atoms with Gasteiger partial charge in [-0.15, -0.1) is 0 Å². The molecule has 1 fully saturated rings. The maximum absolute atomic E-state index is 11.7. The highest BCUT2D eigenvalue weighted by Crippen LogP contribution is 2.04. The number of rotatable bonds is 3. The van der Waals surface area contributed by atoms with Gasteiger partial charge >= 0.3 is 5.69 Å². The minimum absolute atomic E-state index is 0.00272. The van der Waals surface area contributed by atoms with Crippen LogP contribution in [-0.4, -0.2) is 47.3 Å². The first-order chi connectivity index (χ1) is 8.60. The lowest BCUT2D eigenvalue weighted by Gasteiger charge is -2.30. The van der Waals surface area contributed by atoms with E-state index in [0.717, 1.165) is 13.1 Å². The third kappa shape index (κ3) is 2.88. The molecule has 0 amide bonds. The SMILES string of the molecule is CCc1cn(CC2CN(C)CCO2)c(=O)[nH]c1=O. The summed E-state index contributed by atoms with van der Waals surface area (Å²) < 4.78 is 7.15. The van der Waals surface area contributed by atoms with E-state index in [1.807, 2.05) is 14.0 Å². The van der Waals surface area contributed by atoms with Gasteiger partial charge in [-0.25, -0.2) is 4.79 Å². The highest BCUT2D eigenvalue weighted by Gasteiger charge is 2.18. The van der Waals surface area contributed by atoms with Gasteiger partial charge in [-0.05, 0) is 13.5 Å². The first-order valence-corrected chi connectivity index (χ1v) is 6.23. The Morgan fingerprint density at radius 1 is 1.50 bits per heavy atom. The molecule has 0 aliphatic carbocycles. The highest BCUT2D eigenvalue weighted by atomic mass is 16.5. The number of ether oxygens (including phenoxy) is 1. The summed E-state index contributed by atoms with van der Waals surface area (Å²) in [4.78, 5) is 27.7. The summed E-state index contributed by atoms with van der Waals surface area (Å²) in [5, 5.41) is 0. The molecule has 1 aliphatic heterocycles. The maximum Gasteiger partial charge on any atom is 0.328 e. The number of aromatic amines is 1. The van der Waals surface area contributed by atoms with Crippen molar-refractivity contribution >= 4 is 0 Å². The number of H-pyrrole nitrogens is 1. The molecule has 0 spiro atoms. The van der Waals surface area contributed by atoms with E-state index in [-0.39, 0.29) is 17.4 Å². The molecule has 1 aromatic heterocycles. The molecule has 0 aromatic carbocycles. The third-order valence-corrected chi connectivity index (χ3v) is 3.21. The zero-order chi connectivity index (χ0) is 13.1. The van der Waals surface area contributed by atoms with Crippen LogP contribution in [0.3, 0.4) is 0 Å². The molecule has 0 saturated carbocycles. The number of aromatic nitrogens is 2. The van der Waals surface area contributed by atoms with Crippen LogP contribution < -0.4 is 11.2 Å². The molecule has 18 heavy (non-hydrogen) atoms. The lowest BCUT2D eigenvalue weighted by Crippen LogP contribution is -2.44. The Balaban J connectivity index is 2.18. The molecule has 100 valence electrons. The second-order valence-corrected chi connectivity index (χ2v) is 4.67. The van der Waals surface area contributed by atoms with Crippen LogP contribution in [0.15, 0.2) is 15.8 Å². The van der Waals surface area contributed by atoms with Crippen LogP contribution in [0, 0.1) is 0 Å². The summed E-state index contributed by atoms with van der Waals surface area (Å²) in [6.07, 6.45) is 2.25. The van der Waals surface area contributed by atoms with E-state index < -0.39 is 0 Å². The fourth-order valence-electron chi connectivity index (χ4n) is 2.14. The Morgan fingerprint density at radius 2 is 2.28 bits per heavy atom. The van der Waals surface area contributed by atoms with Gasteiger partial charge < -0.3 is 9.64 Å². The molecule has 1 aliphatic rings. The average Bonchev–Trinajstić information content (AvgIpc) is 2.33. The molecule has 0 bridgehead atoms. The zero-order valence-corrected chi connectivity index (χ0v) is 10.8. The second-order valence-electron chi connectivity index (χ2n) is 4.67. The van der Waals surface area contributed by atoms with Crippen molar-refractivity contribution in [3.63, 3.8) is 0 Å². The van der Waals surface area contributed by atoms with Gasteiger partial charge in [-0.3, -0.25) is 14.3 Å². The van der Waals surface area contributed by atoms with Gasteiger partial charge in [0.1, 0.15) is 0 Å². The minimum Gasteiger partial charge on any atom is -0.374 e. The molecule has 1 N–H and O–H groups in total. The van der Waals surface area contributed by atoms with Crippen molar-refractivity contribution in [1.29, 1.82) is 0 Å². The van der Waals surface area contributed by atoms with Crippen molar-refractivity contribution in [2.45, 2.75) is 26.0 Å². The van der Waals surface area contributed by atoms with Crippen LogP contribution in [0.25, 0.3) is 0 Å². The number of morpholine rings is 1. The van der Waals surface area contributed by atoms with E-state index >= 15 is 0 Å². The summed E-state index contributed by atoms with van der Waals surface area (Å²) in [5.41, 5.74) is -0.0341. The standard InChI is InChI=1S/C12H19N3O3/c1-3-9-6-15(12(17)13-11(9)16)8-10-7-14(2)4-5-18-10/h6,10H,3-5,7-8H2,1-2H3,(H,13,16,17). The lowest BCUT2D eigenvalue weighted by molar-refractivity contribution is -0.0281. The quantitative estimate of drug-likeness (QED) is 0.783. The Labute approximate surface area is 105 Å². The molecular weight excluding hydrogens is 234 g/mol. The fourth-order valence-corrected chi connectivity index (χ4v) is 2.14. The van der Waals surface area contributed by atoms with Crippen LogP contribution in [0.2, 0.25) is 0 Å². The average molecular weight is 253 g/mol. The number of likely N-dealkylation sites (N-methyl/N-ethyl adjacent to an activating group) is 1. The molecular formula is C12H19N3O3. The minimum atomic E-state index is -0.367. The van der Waals surface area contributed by atoms with Crippen molar-refractivity contribution in [2.24, 2.45) is 0 Å². The van der Waals surface area contributed by atoms with Crippen molar-refractivity contribution in [1.82, 2.24) is 14.5 Å². The summed E-state index contributed by atoms with van der Waals surface area (Å²) >= 11 is 0.